The first-order valence-corrected chi connectivity index (χ1v) is 8.55. The Hall–Kier alpha value is -3.26. The third-order valence-corrected chi connectivity index (χ3v) is 4.57. The van der Waals surface area contributed by atoms with Gasteiger partial charge in [-0.05, 0) is 24.3 Å². The monoisotopic (exact) mass is 403 g/mol. The van der Waals surface area contributed by atoms with Crippen molar-refractivity contribution in [1.82, 2.24) is 9.55 Å². The lowest BCUT2D eigenvalue weighted by Gasteiger charge is -2.13. The van der Waals surface area contributed by atoms with Crippen LogP contribution in [0.5, 0.6) is 17.2 Å². The molecule has 0 atom stereocenters. The molecule has 0 saturated carbocycles. The molecule has 0 bridgehead atoms. The van der Waals surface area contributed by atoms with Gasteiger partial charge in [0, 0.05) is 24.2 Å². The van der Waals surface area contributed by atoms with Crippen LogP contribution in [0.4, 0.5) is 5.69 Å². The number of halogens is 1. The first-order valence-electron chi connectivity index (χ1n) is 8.17. The van der Waals surface area contributed by atoms with Crippen LogP contribution >= 0.6 is 11.6 Å². The number of nitro benzene ring substituents is 1. The molecule has 0 radical (unpaired) electrons. The van der Waals surface area contributed by atoms with Crippen LogP contribution in [0.2, 0.25) is 5.02 Å². The molecule has 0 amide bonds. The van der Waals surface area contributed by atoms with Crippen LogP contribution in [0.15, 0.2) is 36.7 Å². The lowest BCUT2D eigenvalue weighted by atomic mass is 10.0. The largest absolute Gasteiger partial charge is 0.493 e. The minimum atomic E-state index is -0.481. The second-order valence-corrected chi connectivity index (χ2v) is 6.30. The van der Waals surface area contributed by atoms with Crippen molar-refractivity contribution >= 4 is 17.3 Å². The molecular formula is C19H18ClN3O5. The first kappa shape index (κ1) is 19.5. The van der Waals surface area contributed by atoms with Gasteiger partial charge >= 0.3 is 5.69 Å². The van der Waals surface area contributed by atoms with E-state index in [2.05, 4.69) is 4.98 Å². The van der Waals surface area contributed by atoms with Crippen LogP contribution in [0.3, 0.4) is 0 Å². The number of rotatable bonds is 6. The fraction of sp³-hybridized carbons (Fsp3) is 0.211. The minimum Gasteiger partial charge on any atom is -0.493 e. The Morgan fingerprint density at radius 1 is 1.04 bits per heavy atom. The maximum Gasteiger partial charge on any atom is 0.311 e. The Labute approximate surface area is 166 Å². The smallest absolute Gasteiger partial charge is 0.311 e. The summed E-state index contributed by atoms with van der Waals surface area (Å²) >= 11 is 6.33. The zero-order valence-corrected chi connectivity index (χ0v) is 16.5. The quantitative estimate of drug-likeness (QED) is 0.449. The first-order chi connectivity index (χ1) is 13.4. The van der Waals surface area contributed by atoms with Crippen LogP contribution in [0.25, 0.3) is 22.5 Å². The predicted octanol–water partition coefficient (Wildman–Crippen LogP) is 4.34. The average Bonchev–Trinajstić information content (AvgIpc) is 3.08. The molecule has 3 rings (SSSR count). The molecule has 1 heterocycles. The summed E-state index contributed by atoms with van der Waals surface area (Å²) in [4.78, 5) is 15.4. The summed E-state index contributed by atoms with van der Waals surface area (Å²) in [7, 11) is 6.23. The van der Waals surface area contributed by atoms with Crippen molar-refractivity contribution in [3.8, 4) is 39.8 Å². The SMILES string of the molecule is COc1ccc(-c2c(-c3cc(Cl)c(OC)c(OC)c3)ncn2C)cc1[N+](=O)[O-]. The van der Waals surface area contributed by atoms with Crippen LogP contribution in [0.1, 0.15) is 0 Å². The van der Waals surface area contributed by atoms with Gasteiger partial charge in [-0.2, -0.15) is 0 Å². The second kappa shape index (κ2) is 7.77. The molecule has 0 spiro atoms. The fourth-order valence-corrected chi connectivity index (χ4v) is 3.30. The molecule has 3 aromatic rings. The van der Waals surface area contributed by atoms with E-state index in [0.717, 1.165) is 0 Å². The van der Waals surface area contributed by atoms with Gasteiger partial charge in [-0.15, -0.1) is 0 Å². The summed E-state index contributed by atoms with van der Waals surface area (Å²) in [5.74, 6) is 1.07. The van der Waals surface area contributed by atoms with Gasteiger partial charge < -0.3 is 18.8 Å². The second-order valence-electron chi connectivity index (χ2n) is 5.89. The summed E-state index contributed by atoms with van der Waals surface area (Å²) in [5.41, 5.74) is 2.47. The average molecular weight is 404 g/mol. The standard InChI is InChI=1S/C19H18ClN3O5/c1-22-10-21-17(12-7-13(20)19(28-4)16(9-12)27-3)18(22)11-5-6-15(26-2)14(8-11)23(24)25/h5-10H,1-4H3. The van der Waals surface area contributed by atoms with Gasteiger partial charge in [-0.1, -0.05) is 11.6 Å². The van der Waals surface area contributed by atoms with Crippen LogP contribution in [0, 0.1) is 10.1 Å². The van der Waals surface area contributed by atoms with Gasteiger partial charge in [0.05, 0.1) is 49.0 Å². The van der Waals surface area contributed by atoms with Crippen molar-refractivity contribution in [2.75, 3.05) is 21.3 Å². The Kier molecular flexibility index (Phi) is 5.41. The Bertz CT molecular complexity index is 1050. The van der Waals surface area contributed by atoms with Crippen molar-refractivity contribution in [2.24, 2.45) is 7.05 Å². The topological polar surface area (TPSA) is 88.7 Å². The number of aryl methyl sites for hydroxylation is 1. The number of hydrogen-bond acceptors (Lipinski definition) is 6. The van der Waals surface area contributed by atoms with Gasteiger partial charge in [0.1, 0.15) is 0 Å². The lowest BCUT2D eigenvalue weighted by Crippen LogP contribution is -1.97. The third-order valence-electron chi connectivity index (χ3n) is 4.29. The summed E-state index contributed by atoms with van der Waals surface area (Å²) < 4.78 is 17.5. The van der Waals surface area contributed by atoms with Gasteiger partial charge in [-0.3, -0.25) is 10.1 Å². The van der Waals surface area contributed by atoms with E-state index in [9.17, 15) is 10.1 Å². The number of aromatic nitrogens is 2. The Morgan fingerprint density at radius 3 is 2.36 bits per heavy atom. The van der Waals surface area contributed by atoms with Crippen molar-refractivity contribution < 1.29 is 19.1 Å². The molecule has 0 aliphatic rings. The Morgan fingerprint density at radius 2 is 1.75 bits per heavy atom. The van der Waals surface area contributed by atoms with E-state index in [-0.39, 0.29) is 11.4 Å². The molecular weight excluding hydrogens is 386 g/mol. The van der Waals surface area contributed by atoms with Gasteiger partial charge in [0.15, 0.2) is 17.2 Å². The predicted molar refractivity (Wildman–Crippen MR) is 105 cm³/mol. The van der Waals surface area contributed by atoms with Crippen molar-refractivity contribution in [2.45, 2.75) is 0 Å². The molecule has 0 fully saturated rings. The van der Waals surface area contributed by atoms with Crippen LogP contribution in [-0.2, 0) is 7.05 Å². The maximum atomic E-state index is 11.4. The zero-order valence-electron chi connectivity index (χ0n) is 15.7. The summed E-state index contributed by atoms with van der Waals surface area (Å²) in [6, 6.07) is 8.24. The molecule has 0 unspecified atom stereocenters. The number of hydrogen-bond donors (Lipinski definition) is 0. The molecule has 0 aliphatic heterocycles. The van der Waals surface area contributed by atoms with E-state index in [1.54, 1.807) is 35.2 Å². The molecule has 0 N–H and O–H groups in total. The number of benzene rings is 2. The maximum absolute atomic E-state index is 11.4. The molecule has 9 heteroatoms. The number of nitro groups is 1. The molecule has 146 valence electrons. The number of ether oxygens (including phenoxy) is 3. The summed E-state index contributed by atoms with van der Waals surface area (Å²) in [6.07, 6.45) is 1.63. The van der Waals surface area contributed by atoms with E-state index in [0.29, 0.717) is 39.0 Å². The fourth-order valence-electron chi connectivity index (χ4n) is 3.02. The number of nitrogens with zero attached hydrogens (tertiary/aromatic N) is 3. The van der Waals surface area contributed by atoms with Gasteiger partial charge in [-0.25, -0.2) is 4.98 Å². The van der Waals surface area contributed by atoms with E-state index < -0.39 is 4.92 Å². The van der Waals surface area contributed by atoms with E-state index in [4.69, 9.17) is 25.8 Å². The Balaban J connectivity index is 2.21. The highest BCUT2D eigenvalue weighted by molar-refractivity contribution is 6.32. The highest BCUT2D eigenvalue weighted by Gasteiger charge is 2.21. The van der Waals surface area contributed by atoms with Crippen LogP contribution < -0.4 is 14.2 Å². The highest BCUT2D eigenvalue weighted by atomic mass is 35.5. The van der Waals surface area contributed by atoms with E-state index in [1.165, 1.54) is 27.4 Å². The van der Waals surface area contributed by atoms with Crippen molar-refractivity contribution in [1.29, 1.82) is 0 Å². The molecule has 28 heavy (non-hydrogen) atoms. The molecule has 0 aliphatic carbocycles. The van der Waals surface area contributed by atoms with E-state index >= 15 is 0 Å². The van der Waals surface area contributed by atoms with Crippen molar-refractivity contribution in [3.63, 3.8) is 0 Å². The zero-order chi connectivity index (χ0) is 20.4. The van der Waals surface area contributed by atoms with E-state index in [1.807, 2.05) is 7.05 Å². The molecule has 2 aromatic carbocycles. The molecule has 0 saturated heterocycles. The number of imidazole rings is 1. The van der Waals surface area contributed by atoms with Crippen LogP contribution in [-0.4, -0.2) is 35.8 Å². The third kappa shape index (κ3) is 3.34. The van der Waals surface area contributed by atoms with Crippen molar-refractivity contribution in [3.05, 3.63) is 51.8 Å². The molecule has 1 aromatic heterocycles. The normalized spacial score (nSPS) is 10.6. The van der Waals surface area contributed by atoms with Gasteiger partial charge in [0.2, 0.25) is 0 Å². The lowest BCUT2D eigenvalue weighted by molar-refractivity contribution is -0.385. The molecule has 8 nitrogen and oxygen atoms in total. The summed E-state index contributed by atoms with van der Waals surface area (Å²) in [5, 5.41) is 11.8. The minimum absolute atomic E-state index is 0.127. The summed E-state index contributed by atoms with van der Waals surface area (Å²) in [6.45, 7) is 0. The highest BCUT2D eigenvalue weighted by Crippen LogP contribution is 2.42. The number of methoxy groups -OCH3 is 3. The van der Waals surface area contributed by atoms with Gasteiger partial charge in [0.25, 0.3) is 0 Å².